The lowest BCUT2D eigenvalue weighted by Crippen LogP contribution is -2.47. The topological polar surface area (TPSA) is 428 Å². The Kier molecular flexibility index (Phi) is 30.4. The van der Waals surface area contributed by atoms with Crippen molar-refractivity contribution in [3.05, 3.63) is 126 Å². The lowest BCUT2D eigenvalue weighted by atomic mass is 9.89. The van der Waals surface area contributed by atoms with Gasteiger partial charge < -0.3 is 46.7 Å². The number of aromatic amines is 1. The number of carboxylic acids is 3. The van der Waals surface area contributed by atoms with Gasteiger partial charge in [-0.3, -0.25) is 52.7 Å². The fraction of sp³-hybridized carbons (Fsp3) is 0.439. The van der Waals surface area contributed by atoms with Crippen molar-refractivity contribution < 1.29 is 94.0 Å². The first-order valence-corrected chi connectivity index (χ1v) is 33.9. The molecule has 0 radical (unpaired) electrons. The highest BCUT2D eigenvalue weighted by Crippen LogP contribution is 2.25. The number of para-hydroxylation sites is 1. The molecule has 0 spiro atoms. The average molecular weight is 1360 g/mol. The number of primary amides is 1. The van der Waals surface area contributed by atoms with E-state index in [0.29, 0.717) is 54.3 Å². The molecule has 0 saturated heterocycles. The largest absolute Gasteiger partial charge is 0.497 e. The number of carbonyl (C=O) groups is 11. The molecular weight excluding hydrogens is 1280 g/mol. The third-order valence-electron chi connectivity index (χ3n) is 15.9. The highest BCUT2D eigenvalue weighted by Gasteiger charge is 2.35. The Balaban J connectivity index is 1.24. The van der Waals surface area contributed by atoms with Crippen LogP contribution in [0.4, 0.5) is 4.39 Å². The van der Waals surface area contributed by atoms with E-state index in [2.05, 4.69) is 25.7 Å². The number of aliphatic carboxylic acids is 3. The maximum atomic E-state index is 14.7. The zero-order valence-electron chi connectivity index (χ0n) is 52.8. The first-order chi connectivity index (χ1) is 45.0. The van der Waals surface area contributed by atoms with Crippen LogP contribution in [0.25, 0.3) is 10.9 Å². The molecule has 4 amide bonds. The van der Waals surface area contributed by atoms with Gasteiger partial charge in [0.05, 0.1) is 42.0 Å². The molecular formula is C66H82FN7O19S2. The van der Waals surface area contributed by atoms with Crippen molar-refractivity contribution >= 4 is 95.6 Å². The monoisotopic (exact) mass is 1360 g/mol. The summed E-state index contributed by atoms with van der Waals surface area (Å²) in [6.45, 7) is 1.19. The summed E-state index contributed by atoms with van der Waals surface area (Å²) < 4.78 is 76.0. The number of ether oxygens (including phenoxy) is 1. The molecule has 4 aromatic carbocycles. The minimum atomic E-state index is -4.55. The van der Waals surface area contributed by atoms with E-state index in [-0.39, 0.29) is 72.8 Å². The molecule has 0 aliphatic carbocycles. The molecule has 5 rings (SSSR count). The molecule has 0 saturated carbocycles. The second-order valence-corrected chi connectivity index (χ2v) is 26.8. The van der Waals surface area contributed by atoms with Crippen molar-refractivity contribution in [2.75, 3.05) is 26.7 Å². The lowest BCUT2D eigenvalue weighted by molar-refractivity contribution is -0.140. The van der Waals surface area contributed by atoms with E-state index in [0.717, 1.165) is 29.8 Å². The number of sulfonamides is 2. The predicted molar refractivity (Wildman–Crippen MR) is 343 cm³/mol. The smallest absolute Gasteiger partial charge is 0.305 e. The minimum Gasteiger partial charge on any atom is -0.497 e. The van der Waals surface area contributed by atoms with Crippen LogP contribution >= 0.6 is 0 Å². The summed E-state index contributed by atoms with van der Waals surface area (Å²) in [6.07, 6.45) is -1.78. The van der Waals surface area contributed by atoms with Crippen LogP contribution < -0.4 is 35.9 Å². The van der Waals surface area contributed by atoms with Gasteiger partial charge in [-0.1, -0.05) is 60.9 Å². The molecule has 0 fully saturated rings. The number of aryl methyl sites for hydroxylation is 1. The van der Waals surface area contributed by atoms with E-state index in [1.807, 2.05) is 11.6 Å². The van der Waals surface area contributed by atoms with E-state index < -0.39 is 172 Å². The number of fused-ring (bicyclic) bond motifs is 1. The maximum absolute atomic E-state index is 14.7. The van der Waals surface area contributed by atoms with Crippen molar-refractivity contribution in [1.29, 1.82) is 0 Å². The molecule has 1 heterocycles. The lowest BCUT2D eigenvalue weighted by Gasteiger charge is -2.24. The van der Waals surface area contributed by atoms with E-state index >= 15 is 0 Å². The predicted octanol–water partition coefficient (Wildman–Crippen LogP) is 5.17. The molecule has 95 heavy (non-hydrogen) atoms. The van der Waals surface area contributed by atoms with Crippen LogP contribution in [-0.4, -0.2) is 141 Å². The van der Waals surface area contributed by atoms with Gasteiger partial charge in [-0.05, 0) is 118 Å². The molecule has 29 heteroatoms. The average Bonchev–Trinajstić information content (AvgIpc) is 1.76. The summed E-state index contributed by atoms with van der Waals surface area (Å²) in [5.74, 6) is -15.7. The normalized spacial score (nSPS) is 13.5. The van der Waals surface area contributed by atoms with Crippen molar-refractivity contribution in [1.82, 2.24) is 30.4 Å². The number of amides is 4. The molecule has 6 atom stereocenters. The number of hydrogen-bond acceptors (Lipinski definition) is 16. The quantitative estimate of drug-likeness (QED) is 0.0224. The number of hydrogen-bond donors (Lipinski definition) is 10. The number of nitrogens with two attached hydrogens (primary N) is 1. The van der Waals surface area contributed by atoms with E-state index in [1.54, 1.807) is 42.6 Å². The summed E-state index contributed by atoms with van der Waals surface area (Å²) in [5.41, 5.74) is 7.98. The molecule has 26 nitrogen and oxygen atoms in total. The third-order valence-corrected chi connectivity index (χ3v) is 18.8. The molecule has 1 aromatic heterocycles. The zero-order valence-corrected chi connectivity index (χ0v) is 54.4. The van der Waals surface area contributed by atoms with E-state index in [1.165, 1.54) is 43.5 Å². The molecule has 514 valence electrons. The fourth-order valence-electron chi connectivity index (χ4n) is 10.6. The van der Waals surface area contributed by atoms with Crippen LogP contribution in [0.3, 0.4) is 0 Å². The number of unbranched alkanes of at least 4 members (excludes halogenated alkanes) is 3. The number of aromatic nitrogens is 1. The van der Waals surface area contributed by atoms with Crippen molar-refractivity contribution in [2.24, 2.45) is 29.4 Å². The number of rotatable bonds is 46. The first-order valence-electron chi connectivity index (χ1n) is 30.9. The Bertz CT molecular complexity index is 3750. The molecule has 0 bridgehead atoms. The first kappa shape index (κ1) is 76.7. The van der Waals surface area contributed by atoms with E-state index in [4.69, 9.17) is 10.5 Å². The van der Waals surface area contributed by atoms with Crippen LogP contribution in [0.1, 0.15) is 119 Å². The maximum Gasteiger partial charge on any atom is 0.305 e. The summed E-state index contributed by atoms with van der Waals surface area (Å²) in [5, 5.41) is 37.3. The Morgan fingerprint density at radius 3 is 1.79 bits per heavy atom. The number of H-pyrrole nitrogens is 1. The Labute approximate surface area is 549 Å². The van der Waals surface area contributed by atoms with E-state index in [9.17, 15) is 89.3 Å². The minimum absolute atomic E-state index is 0.0679. The number of carbonyl (C=O) groups excluding carboxylic acids is 8. The molecule has 0 aliphatic rings. The Hall–Kier alpha value is -9.06. The van der Waals surface area contributed by atoms with Gasteiger partial charge in [-0.15, -0.1) is 0 Å². The van der Waals surface area contributed by atoms with Crippen LogP contribution in [0.5, 0.6) is 5.75 Å². The number of nitrogens with one attached hydrogen (secondary N) is 6. The second-order valence-electron chi connectivity index (χ2n) is 23.3. The van der Waals surface area contributed by atoms with Gasteiger partial charge in [0.2, 0.25) is 43.7 Å². The van der Waals surface area contributed by atoms with Crippen LogP contribution in [0, 0.1) is 36.4 Å². The summed E-state index contributed by atoms with van der Waals surface area (Å²) >= 11 is 0. The van der Waals surface area contributed by atoms with Crippen molar-refractivity contribution in [2.45, 2.75) is 144 Å². The standard InChI is InChI=1S/C66H82FN7O19S2/c1-41-17-23-52(24-18-41)94(89,90)72-30-9-7-12-43(63(68)85)33-49(75)14-4-3-8-29-69-64(86)44(19-27-60(79)80)36-58(77)56(35-47-39-70-55-16-6-5-15-54(47)55)73-66(88)46(31-42-11-10-13-48(67)32-42)34-50(76)40-71-65(87)45(20-28-61(81)82)37-59(78)57(38-62(83)84)74-95(91,92)53-25-21-51(93-2)22-26-53/h5-6,10-11,13,15-18,21-26,32,39,43-46,56-57,70,72,74H,3-4,7-9,12,14,19-20,27-31,33-38,40H2,1-2H3,(H2,68,85)(H,69,86)(H,71,87)(H,73,88)(H,79,80)(H,81,82)(H,83,84)/t43-,44-,45-,46-,56+,57-/m1/s1. The van der Waals surface area contributed by atoms with Crippen molar-refractivity contribution in [3.8, 4) is 5.75 Å². The van der Waals surface area contributed by atoms with Crippen molar-refractivity contribution in [3.63, 3.8) is 0 Å². The molecule has 0 unspecified atom stereocenters. The van der Waals surface area contributed by atoms with Gasteiger partial charge in [0.15, 0.2) is 17.3 Å². The number of benzene rings is 4. The molecule has 0 aliphatic heterocycles. The third kappa shape index (κ3) is 26.3. The summed E-state index contributed by atoms with van der Waals surface area (Å²) in [4.78, 5) is 148. The highest BCUT2D eigenvalue weighted by molar-refractivity contribution is 7.89. The van der Waals surface area contributed by atoms with Crippen LogP contribution in [0.2, 0.25) is 0 Å². The Morgan fingerprint density at radius 1 is 0.568 bits per heavy atom. The number of ketones is 4. The zero-order chi connectivity index (χ0) is 69.8. The van der Waals surface area contributed by atoms with Gasteiger partial charge in [-0.25, -0.2) is 30.7 Å². The van der Waals surface area contributed by atoms with Gasteiger partial charge >= 0.3 is 17.9 Å². The van der Waals surface area contributed by atoms with Gasteiger partial charge in [0.1, 0.15) is 17.3 Å². The number of Topliss-reactive ketones (excluding diaryl/α,β-unsaturated/α-hetero) is 4. The van der Waals surface area contributed by atoms with Gasteiger partial charge in [0.25, 0.3) is 0 Å². The number of halogens is 1. The Morgan fingerprint density at radius 2 is 1.17 bits per heavy atom. The summed E-state index contributed by atoms with van der Waals surface area (Å²) in [6, 6.07) is 20.0. The van der Waals surface area contributed by atoms with Crippen LogP contribution in [0.15, 0.2) is 113 Å². The second kappa shape index (κ2) is 37.7. The SMILES string of the molecule is COc1ccc(S(=O)(=O)N[C@H](CC(=O)O)C(=O)C[C@@H](CCC(=O)O)C(=O)NCC(=O)C[C@@H](Cc2cccc(F)c2)C(=O)N[C@@H](Cc2c[nH]c3ccccc23)C(=O)C[C@@H](CCC(=O)O)C(=O)NCCCCCC(=O)C[C@@H](CCCCNS(=O)(=O)c2ccc(C)cc2)C(N)=O)cc1. The highest BCUT2D eigenvalue weighted by atomic mass is 32.2. The van der Waals surface area contributed by atoms with Gasteiger partial charge in [0, 0.05) is 105 Å². The fourth-order valence-corrected chi connectivity index (χ4v) is 12.9. The number of methoxy groups -OCH3 is 1. The number of carboxylic acid groups (broad SMARTS) is 3. The summed E-state index contributed by atoms with van der Waals surface area (Å²) in [7, 11) is -6.94. The van der Waals surface area contributed by atoms with Gasteiger partial charge in [-0.2, -0.15) is 0 Å². The molecule has 11 N–H and O–H groups in total. The molecule has 5 aromatic rings. The van der Waals surface area contributed by atoms with Crippen LogP contribution in [-0.2, 0) is 85.6 Å².